The number of aryl methyl sites for hydroxylation is 2. The Morgan fingerprint density at radius 1 is 1.11 bits per heavy atom. The predicted molar refractivity (Wildman–Crippen MR) is 107 cm³/mol. The van der Waals surface area contributed by atoms with Crippen LogP contribution >= 0.6 is 0 Å². The first-order chi connectivity index (χ1) is 12.8. The Hall–Kier alpha value is -2.38. The standard InChI is InChI=1S/C20H26N2O4S/c1-5-15-10-8-9-14(4)19(15)22-20(23)16-11-12-17(26-7-3)18(13-16)27(24,25)21-6-2/h8-13,21H,5-7H2,1-4H3,(H,22,23). The predicted octanol–water partition coefficient (Wildman–Crippen LogP) is 3.51. The Labute approximate surface area is 161 Å². The van der Waals surface area contributed by atoms with Crippen molar-refractivity contribution in [1.82, 2.24) is 4.72 Å². The van der Waals surface area contributed by atoms with Crippen LogP contribution in [0.5, 0.6) is 5.75 Å². The fourth-order valence-corrected chi connectivity index (χ4v) is 4.00. The van der Waals surface area contributed by atoms with Gasteiger partial charge in [-0.1, -0.05) is 32.0 Å². The number of carbonyl (C=O) groups is 1. The van der Waals surface area contributed by atoms with E-state index in [1.807, 2.05) is 32.0 Å². The van der Waals surface area contributed by atoms with Crippen molar-refractivity contribution in [3.8, 4) is 5.75 Å². The second-order valence-electron chi connectivity index (χ2n) is 6.01. The zero-order valence-corrected chi connectivity index (χ0v) is 16.9. The molecule has 146 valence electrons. The molecule has 0 saturated heterocycles. The van der Waals surface area contributed by atoms with Crippen LogP contribution in [0.3, 0.4) is 0 Å². The van der Waals surface area contributed by atoms with Gasteiger partial charge in [-0.15, -0.1) is 0 Å². The molecule has 0 aromatic heterocycles. The Bertz CT molecular complexity index is 924. The summed E-state index contributed by atoms with van der Waals surface area (Å²) in [7, 11) is -3.77. The van der Waals surface area contributed by atoms with Crippen LogP contribution in [-0.2, 0) is 16.4 Å². The Morgan fingerprint density at radius 3 is 2.48 bits per heavy atom. The number of hydrogen-bond acceptors (Lipinski definition) is 4. The minimum atomic E-state index is -3.77. The third-order valence-electron chi connectivity index (χ3n) is 4.11. The third-order valence-corrected chi connectivity index (χ3v) is 5.67. The van der Waals surface area contributed by atoms with Crippen molar-refractivity contribution in [2.75, 3.05) is 18.5 Å². The van der Waals surface area contributed by atoms with E-state index < -0.39 is 10.0 Å². The number of sulfonamides is 1. The van der Waals surface area contributed by atoms with E-state index in [1.54, 1.807) is 19.9 Å². The third kappa shape index (κ3) is 4.87. The van der Waals surface area contributed by atoms with Crippen molar-refractivity contribution >= 4 is 21.6 Å². The lowest BCUT2D eigenvalue weighted by molar-refractivity contribution is 0.102. The summed E-state index contributed by atoms with van der Waals surface area (Å²) in [5, 5.41) is 2.91. The number of rotatable bonds is 8. The average molecular weight is 391 g/mol. The SMILES string of the molecule is CCNS(=O)(=O)c1cc(C(=O)Nc2c(C)cccc2CC)ccc1OCC. The quantitative estimate of drug-likeness (QED) is 0.722. The number of nitrogens with one attached hydrogen (secondary N) is 2. The molecule has 2 rings (SSSR count). The Balaban J connectivity index is 2.43. The number of ether oxygens (including phenoxy) is 1. The van der Waals surface area contributed by atoms with Gasteiger partial charge in [0.2, 0.25) is 10.0 Å². The van der Waals surface area contributed by atoms with Crippen LogP contribution in [0.15, 0.2) is 41.3 Å². The van der Waals surface area contributed by atoms with Crippen LogP contribution in [-0.4, -0.2) is 27.5 Å². The van der Waals surface area contributed by atoms with Crippen LogP contribution in [0.4, 0.5) is 5.69 Å². The molecule has 0 atom stereocenters. The van der Waals surface area contributed by atoms with Gasteiger partial charge in [0, 0.05) is 17.8 Å². The summed E-state index contributed by atoms with van der Waals surface area (Å²) < 4.78 is 32.9. The Morgan fingerprint density at radius 2 is 1.85 bits per heavy atom. The molecule has 0 unspecified atom stereocenters. The molecule has 0 saturated carbocycles. The second kappa shape index (κ2) is 9.01. The molecule has 0 radical (unpaired) electrons. The van der Waals surface area contributed by atoms with E-state index in [1.165, 1.54) is 12.1 Å². The first-order valence-electron chi connectivity index (χ1n) is 9.00. The van der Waals surface area contributed by atoms with E-state index in [0.29, 0.717) is 6.61 Å². The van der Waals surface area contributed by atoms with Crippen molar-refractivity contribution in [3.05, 3.63) is 53.1 Å². The van der Waals surface area contributed by atoms with Crippen molar-refractivity contribution < 1.29 is 17.9 Å². The van der Waals surface area contributed by atoms with Crippen LogP contribution in [0.1, 0.15) is 42.3 Å². The molecule has 0 aliphatic rings. The molecule has 27 heavy (non-hydrogen) atoms. The molecule has 0 aliphatic heterocycles. The summed E-state index contributed by atoms with van der Waals surface area (Å²) in [5.41, 5.74) is 2.99. The highest BCUT2D eigenvalue weighted by Gasteiger charge is 2.21. The number of para-hydroxylation sites is 1. The van der Waals surface area contributed by atoms with Gasteiger partial charge in [0.15, 0.2) is 0 Å². The highest BCUT2D eigenvalue weighted by molar-refractivity contribution is 7.89. The summed E-state index contributed by atoms with van der Waals surface area (Å²) in [6.07, 6.45) is 0.778. The minimum absolute atomic E-state index is 0.0423. The fraction of sp³-hybridized carbons (Fsp3) is 0.350. The zero-order valence-electron chi connectivity index (χ0n) is 16.1. The van der Waals surface area contributed by atoms with E-state index >= 15 is 0 Å². The molecule has 0 spiro atoms. The molecule has 2 aromatic rings. The number of amides is 1. The van der Waals surface area contributed by atoms with Gasteiger partial charge in [-0.3, -0.25) is 4.79 Å². The molecule has 2 N–H and O–H groups in total. The highest BCUT2D eigenvalue weighted by Crippen LogP contribution is 2.27. The largest absolute Gasteiger partial charge is 0.492 e. The van der Waals surface area contributed by atoms with Gasteiger partial charge in [0.05, 0.1) is 6.61 Å². The van der Waals surface area contributed by atoms with Gasteiger partial charge < -0.3 is 10.1 Å². The van der Waals surface area contributed by atoms with Crippen LogP contribution < -0.4 is 14.8 Å². The summed E-state index contributed by atoms with van der Waals surface area (Å²) >= 11 is 0. The molecule has 7 heteroatoms. The van der Waals surface area contributed by atoms with Crippen molar-refractivity contribution in [3.63, 3.8) is 0 Å². The monoisotopic (exact) mass is 390 g/mol. The van der Waals surface area contributed by atoms with E-state index in [4.69, 9.17) is 4.74 Å². The lowest BCUT2D eigenvalue weighted by atomic mass is 10.1. The first-order valence-corrected chi connectivity index (χ1v) is 10.5. The second-order valence-corrected chi connectivity index (χ2v) is 7.75. The molecule has 0 aliphatic carbocycles. The van der Waals surface area contributed by atoms with Gasteiger partial charge in [-0.2, -0.15) is 0 Å². The van der Waals surface area contributed by atoms with Crippen LogP contribution in [0.25, 0.3) is 0 Å². The molecule has 0 heterocycles. The van der Waals surface area contributed by atoms with E-state index in [9.17, 15) is 13.2 Å². The zero-order chi connectivity index (χ0) is 20.0. The molecule has 2 aromatic carbocycles. The minimum Gasteiger partial charge on any atom is -0.492 e. The maximum atomic E-state index is 12.8. The number of hydrogen-bond donors (Lipinski definition) is 2. The van der Waals surface area contributed by atoms with Gasteiger partial charge in [-0.25, -0.2) is 13.1 Å². The van der Waals surface area contributed by atoms with E-state index in [0.717, 1.165) is 23.2 Å². The topological polar surface area (TPSA) is 84.5 Å². The summed E-state index contributed by atoms with van der Waals surface area (Å²) in [4.78, 5) is 12.7. The van der Waals surface area contributed by atoms with Crippen LogP contribution in [0.2, 0.25) is 0 Å². The van der Waals surface area contributed by atoms with Gasteiger partial charge in [-0.05, 0) is 49.6 Å². The van der Waals surface area contributed by atoms with Crippen LogP contribution in [0, 0.1) is 6.92 Å². The summed E-state index contributed by atoms with van der Waals surface area (Å²) in [5.74, 6) is -0.143. The maximum Gasteiger partial charge on any atom is 0.255 e. The maximum absolute atomic E-state index is 12.8. The molecular weight excluding hydrogens is 364 g/mol. The number of carbonyl (C=O) groups excluding carboxylic acids is 1. The number of anilines is 1. The first kappa shape index (κ1) is 20.9. The normalized spacial score (nSPS) is 11.3. The van der Waals surface area contributed by atoms with Crippen molar-refractivity contribution in [2.45, 2.75) is 39.0 Å². The number of benzene rings is 2. The molecular formula is C20H26N2O4S. The van der Waals surface area contributed by atoms with Gasteiger partial charge >= 0.3 is 0 Å². The lowest BCUT2D eigenvalue weighted by Crippen LogP contribution is -2.24. The molecule has 0 fully saturated rings. The van der Waals surface area contributed by atoms with E-state index in [-0.39, 0.29) is 28.7 Å². The van der Waals surface area contributed by atoms with Gasteiger partial charge in [0.1, 0.15) is 10.6 Å². The highest BCUT2D eigenvalue weighted by atomic mass is 32.2. The lowest BCUT2D eigenvalue weighted by Gasteiger charge is -2.15. The molecule has 6 nitrogen and oxygen atoms in total. The van der Waals surface area contributed by atoms with Crippen molar-refractivity contribution in [2.24, 2.45) is 0 Å². The Kier molecular flexibility index (Phi) is 6.98. The summed E-state index contributed by atoms with van der Waals surface area (Å²) in [6, 6.07) is 10.3. The molecule has 0 bridgehead atoms. The summed E-state index contributed by atoms with van der Waals surface area (Å²) in [6.45, 7) is 7.97. The smallest absolute Gasteiger partial charge is 0.255 e. The average Bonchev–Trinajstić information content (AvgIpc) is 2.63. The molecule has 1 amide bonds. The fourth-order valence-electron chi connectivity index (χ4n) is 2.79. The van der Waals surface area contributed by atoms with E-state index in [2.05, 4.69) is 10.0 Å². The van der Waals surface area contributed by atoms with Crippen molar-refractivity contribution in [1.29, 1.82) is 0 Å². The van der Waals surface area contributed by atoms with Gasteiger partial charge in [0.25, 0.3) is 5.91 Å².